The van der Waals surface area contributed by atoms with E-state index in [0.29, 0.717) is 25.7 Å². The summed E-state index contributed by atoms with van der Waals surface area (Å²) in [5.41, 5.74) is -0.995. The third-order valence-corrected chi connectivity index (χ3v) is 18.9. The Bertz CT molecular complexity index is 1970. The van der Waals surface area contributed by atoms with Crippen molar-refractivity contribution in [2.24, 2.45) is 50.2 Å². The minimum Gasteiger partial charge on any atom is -0.467 e. The molecule has 2 saturated heterocycles. The highest BCUT2D eigenvalue weighted by atomic mass is 16.7. The highest BCUT2D eigenvalue weighted by molar-refractivity contribution is 5.79. The first kappa shape index (κ1) is 54.9. The zero-order chi connectivity index (χ0) is 51.7. The average Bonchev–Trinajstić information content (AvgIpc) is 3.32. The monoisotopic (exact) mass is 999 g/mol. The van der Waals surface area contributed by atoms with Gasteiger partial charge in [-0.1, -0.05) is 60.1 Å². The molecule has 20 heteroatoms. The lowest BCUT2D eigenvalue weighted by Gasteiger charge is -2.71. The van der Waals surface area contributed by atoms with Crippen LogP contribution in [-0.2, 0) is 61.8 Å². The largest absolute Gasteiger partial charge is 0.467 e. The first-order valence-electron chi connectivity index (χ1n) is 24.8. The van der Waals surface area contributed by atoms with Gasteiger partial charge in [0.05, 0.1) is 39.5 Å². The Morgan fingerprint density at radius 1 is 0.757 bits per heavy atom. The van der Waals surface area contributed by atoms with Gasteiger partial charge in [0, 0.05) is 0 Å². The lowest BCUT2D eigenvalue weighted by molar-refractivity contribution is -0.346. The van der Waals surface area contributed by atoms with E-state index in [4.69, 9.17) is 33.2 Å². The van der Waals surface area contributed by atoms with Gasteiger partial charge in [-0.05, 0) is 109 Å². The van der Waals surface area contributed by atoms with E-state index >= 15 is 0 Å². The Balaban J connectivity index is 1.13. The number of carbonyl (C=O) groups excluding carboxylic acids is 4. The van der Waals surface area contributed by atoms with Gasteiger partial charge in [-0.15, -0.1) is 0 Å². The standard InChI is InChI=1S/C50H78O20/c1-45(2)17-19-50(44(61)70-42-33(55)32(54)31(53)26(22-51)66-42)20-18-48(6)24(25(50)21-45)11-12-28-47(5)15-14-29(46(3,4)27(47)13-16-49(28,48)7)67-43-35(57)37(34(56)38(69-43)40(60)64-10)68-41(36(58)39(59)63-9)65-23-30(52)62-8/h11,25-29,31-38,41-43,51,53-58H,12-23H2,1-10H3/t25-,26+,27+,28-,29-,31+,32-,33+,34-,35+,36-,37-,38-,41+,42-,43+,47-,48+,49+,50-/m0/s1. The van der Waals surface area contributed by atoms with Gasteiger partial charge in [0.1, 0.15) is 49.3 Å². The van der Waals surface area contributed by atoms with Crippen LogP contribution in [0.5, 0.6) is 0 Å². The maximum Gasteiger partial charge on any atom is 0.340 e. The van der Waals surface area contributed by atoms with Crippen molar-refractivity contribution in [2.75, 3.05) is 34.5 Å². The van der Waals surface area contributed by atoms with Gasteiger partial charge in [-0.3, -0.25) is 4.79 Å². The molecule has 2 aliphatic heterocycles. The van der Waals surface area contributed by atoms with Crippen molar-refractivity contribution >= 4 is 23.9 Å². The topological polar surface area (TPSA) is 293 Å². The number of hydrogen-bond acceptors (Lipinski definition) is 20. The van der Waals surface area contributed by atoms with Gasteiger partial charge < -0.3 is 78.4 Å². The molecule has 0 unspecified atom stereocenters. The minimum atomic E-state index is -2.15. The fraction of sp³-hybridized carbons (Fsp3) is 0.880. The summed E-state index contributed by atoms with van der Waals surface area (Å²) in [6.07, 6.45) is -11.8. The normalized spacial score (nSPS) is 44.9. The van der Waals surface area contributed by atoms with Crippen LogP contribution in [-0.4, -0.2) is 174 Å². The number of hydrogen-bond donors (Lipinski definition) is 7. The van der Waals surface area contributed by atoms with Crippen LogP contribution in [0.1, 0.15) is 113 Å². The number of aliphatic hydroxyl groups is 7. The molecule has 7 N–H and O–H groups in total. The quantitative estimate of drug-likeness (QED) is 0.0453. The van der Waals surface area contributed by atoms with E-state index in [2.05, 4.69) is 64.0 Å². The Hall–Kier alpha value is -2.86. The third-order valence-electron chi connectivity index (χ3n) is 18.9. The fourth-order valence-electron chi connectivity index (χ4n) is 14.6. The fourth-order valence-corrected chi connectivity index (χ4v) is 14.6. The van der Waals surface area contributed by atoms with Crippen molar-refractivity contribution in [1.82, 2.24) is 0 Å². The van der Waals surface area contributed by atoms with Crippen LogP contribution in [0.4, 0.5) is 0 Å². The summed E-state index contributed by atoms with van der Waals surface area (Å²) in [6, 6.07) is 0. The second-order valence-corrected chi connectivity index (χ2v) is 23.2. The molecular weight excluding hydrogens is 921 g/mol. The molecule has 7 rings (SSSR count). The Labute approximate surface area is 409 Å². The lowest BCUT2D eigenvalue weighted by Crippen LogP contribution is -2.66. The maximum absolute atomic E-state index is 14.7. The molecule has 4 saturated carbocycles. The van der Waals surface area contributed by atoms with Crippen molar-refractivity contribution in [2.45, 2.75) is 193 Å². The molecule has 0 aromatic carbocycles. The molecule has 0 radical (unpaired) electrons. The lowest BCUT2D eigenvalue weighted by atomic mass is 9.33. The molecule has 20 atom stereocenters. The molecule has 70 heavy (non-hydrogen) atoms. The zero-order valence-electron chi connectivity index (χ0n) is 42.2. The average molecular weight is 999 g/mol. The molecule has 20 nitrogen and oxygen atoms in total. The predicted octanol–water partition coefficient (Wildman–Crippen LogP) is 1.57. The maximum atomic E-state index is 14.7. The van der Waals surface area contributed by atoms with E-state index in [1.807, 2.05) is 0 Å². The van der Waals surface area contributed by atoms with Crippen molar-refractivity contribution in [1.29, 1.82) is 0 Å². The molecule has 0 spiro atoms. The van der Waals surface area contributed by atoms with Crippen LogP contribution in [0.2, 0.25) is 0 Å². The SMILES string of the molecule is COC(=O)CO[C@H](O[C@@H]1[C@@H](O)[C@H](O[C@H]2CC[C@@]3(C)[C@H](CC[C@]4(C)[C@H]3CC=C3[C@@H]5CC(C)(C)CC[C@]5(C(=O)O[C@@H]5O[C@H](CO)[C@@H](O)[C@H](O)[C@H]5O)CC[C@]34C)C2(C)C)O[C@H](C(=O)OC)[C@H]1O)[C@@H](O)C(=O)OC. The second-order valence-electron chi connectivity index (χ2n) is 23.2. The van der Waals surface area contributed by atoms with E-state index in [0.717, 1.165) is 59.9 Å². The minimum absolute atomic E-state index is 0.0818. The number of allylic oxidation sites excluding steroid dienone is 2. The van der Waals surface area contributed by atoms with Crippen molar-refractivity contribution in [3.63, 3.8) is 0 Å². The summed E-state index contributed by atoms with van der Waals surface area (Å²) >= 11 is 0. The molecule has 0 amide bonds. The van der Waals surface area contributed by atoms with Gasteiger partial charge in [-0.2, -0.15) is 0 Å². The van der Waals surface area contributed by atoms with Crippen LogP contribution in [0, 0.1) is 50.2 Å². The molecule has 7 aliphatic rings. The molecular formula is C50H78O20. The summed E-state index contributed by atoms with van der Waals surface area (Å²) in [6.45, 7) is 14.4. The van der Waals surface area contributed by atoms with E-state index < -0.39 is 128 Å². The highest BCUT2D eigenvalue weighted by Crippen LogP contribution is 2.76. The number of methoxy groups -OCH3 is 3. The van der Waals surface area contributed by atoms with Crippen LogP contribution in [0.3, 0.4) is 0 Å². The Morgan fingerprint density at radius 2 is 1.44 bits per heavy atom. The van der Waals surface area contributed by atoms with Crippen LogP contribution in [0.25, 0.3) is 0 Å². The summed E-state index contributed by atoms with van der Waals surface area (Å²) in [4.78, 5) is 52.1. The number of aliphatic hydroxyl groups excluding tert-OH is 7. The van der Waals surface area contributed by atoms with Crippen LogP contribution < -0.4 is 0 Å². The summed E-state index contributed by atoms with van der Waals surface area (Å²) in [5.74, 6) is -3.46. The van der Waals surface area contributed by atoms with Crippen molar-refractivity contribution in [3.8, 4) is 0 Å². The third kappa shape index (κ3) is 9.15. The Kier molecular flexibility index (Phi) is 15.8. The predicted molar refractivity (Wildman–Crippen MR) is 241 cm³/mol. The van der Waals surface area contributed by atoms with Crippen molar-refractivity contribution < 1.29 is 97.6 Å². The highest BCUT2D eigenvalue weighted by Gasteiger charge is 2.70. The van der Waals surface area contributed by atoms with Gasteiger partial charge in [0.15, 0.2) is 18.7 Å². The van der Waals surface area contributed by atoms with Gasteiger partial charge >= 0.3 is 23.9 Å². The van der Waals surface area contributed by atoms with E-state index in [9.17, 15) is 54.9 Å². The number of rotatable bonds is 13. The number of fused-ring (bicyclic) bond motifs is 7. The summed E-state index contributed by atoms with van der Waals surface area (Å²) in [7, 11) is 3.19. The first-order valence-corrected chi connectivity index (χ1v) is 24.8. The van der Waals surface area contributed by atoms with Gasteiger partial charge in [0.2, 0.25) is 12.4 Å². The van der Waals surface area contributed by atoms with E-state index in [1.165, 1.54) is 5.57 Å². The van der Waals surface area contributed by atoms with E-state index in [1.54, 1.807) is 0 Å². The summed E-state index contributed by atoms with van der Waals surface area (Å²) < 4.78 is 49.6. The summed E-state index contributed by atoms with van der Waals surface area (Å²) in [5, 5.41) is 75.6. The number of carbonyl (C=O) groups is 4. The molecule has 0 bridgehead atoms. The van der Waals surface area contributed by atoms with Gasteiger partial charge in [-0.25, -0.2) is 14.4 Å². The smallest absolute Gasteiger partial charge is 0.340 e. The first-order chi connectivity index (χ1) is 32.7. The molecule has 398 valence electrons. The number of esters is 4. The van der Waals surface area contributed by atoms with Crippen LogP contribution in [0.15, 0.2) is 11.6 Å². The second kappa shape index (κ2) is 20.1. The van der Waals surface area contributed by atoms with E-state index in [-0.39, 0.29) is 39.4 Å². The van der Waals surface area contributed by atoms with Crippen molar-refractivity contribution in [3.05, 3.63) is 11.6 Å². The molecule has 2 heterocycles. The molecule has 0 aromatic rings. The molecule has 5 aliphatic carbocycles. The van der Waals surface area contributed by atoms with Gasteiger partial charge in [0.25, 0.3) is 0 Å². The van der Waals surface area contributed by atoms with Crippen LogP contribution >= 0.6 is 0 Å². The Morgan fingerprint density at radius 3 is 2.09 bits per heavy atom. The molecule has 6 fully saturated rings. The number of ether oxygens (including phenoxy) is 9. The molecule has 0 aromatic heterocycles. The zero-order valence-corrected chi connectivity index (χ0v) is 42.2.